The van der Waals surface area contributed by atoms with Crippen LogP contribution in [0.1, 0.15) is 25.5 Å². The van der Waals surface area contributed by atoms with Crippen molar-refractivity contribution >= 4 is 23.5 Å². The first kappa shape index (κ1) is 16.6. The van der Waals surface area contributed by atoms with Gasteiger partial charge in [0.15, 0.2) is 10.6 Å². The van der Waals surface area contributed by atoms with Gasteiger partial charge in [-0.2, -0.15) is 0 Å². The van der Waals surface area contributed by atoms with Gasteiger partial charge in [-0.15, -0.1) is 0 Å². The molecule has 1 amide bonds. The molecule has 0 unspecified atom stereocenters. The summed E-state index contributed by atoms with van der Waals surface area (Å²) in [5.74, 6) is -0.906. The van der Waals surface area contributed by atoms with Crippen LogP contribution in [0.25, 0.3) is 0 Å². The molecule has 120 valence electrons. The molecule has 7 nitrogen and oxygen atoms in total. The third-order valence-corrected chi connectivity index (χ3v) is 3.90. The molecule has 0 aliphatic carbocycles. The molecule has 1 aromatic rings. The Morgan fingerprint density at radius 1 is 1.36 bits per heavy atom. The molecule has 0 radical (unpaired) electrons. The average Bonchev–Trinajstić information content (AvgIpc) is 2.54. The van der Waals surface area contributed by atoms with Gasteiger partial charge in [0, 0.05) is 25.6 Å². The van der Waals surface area contributed by atoms with Gasteiger partial charge < -0.3 is 14.8 Å². The molecule has 2 heterocycles. The van der Waals surface area contributed by atoms with E-state index >= 15 is 0 Å². The number of aromatic nitrogens is 2. The number of carbonyl (C=O) groups excluding carboxylic acids is 2. The van der Waals surface area contributed by atoms with Crippen LogP contribution in [-0.2, 0) is 25.6 Å². The van der Waals surface area contributed by atoms with Crippen LogP contribution < -0.4 is 5.32 Å². The molecular weight excluding hydrogens is 310 g/mol. The largest absolute Gasteiger partial charge is 0.465 e. The second-order valence-electron chi connectivity index (χ2n) is 4.89. The van der Waals surface area contributed by atoms with E-state index in [4.69, 9.17) is 21.1 Å². The summed E-state index contributed by atoms with van der Waals surface area (Å²) in [6.45, 7) is 2.73. The fraction of sp³-hybridized carbons (Fsp3) is 0.571. The maximum absolute atomic E-state index is 12.6. The molecule has 2 rings (SSSR count). The molecule has 0 saturated carbocycles. The lowest BCUT2D eigenvalue weighted by atomic mass is 9.79. The Morgan fingerprint density at radius 3 is 2.68 bits per heavy atom. The first-order chi connectivity index (χ1) is 10.6. The van der Waals surface area contributed by atoms with Crippen LogP contribution in [0.15, 0.2) is 12.4 Å². The normalized spacial score (nSPS) is 16.8. The standard InChI is InChI=1S/C14H18ClN3O4/c1-2-22-13(20)14(3-7-21-8-4-14)12(19)18-9-10-11(15)17-6-5-16-10/h5-6H,2-4,7-9H2,1H3,(H,18,19). The van der Waals surface area contributed by atoms with Crippen LogP contribution >= 0.6 is 11.6 Å². The molecule has 0 aromatic carbocycles. The molecular formula is C14H18ClN3O4. The summed E-state index contributed by atoms with van der Waals surface area (Å²) in [5, 5.41) is 2.93. The summed E-state index contributed by atoms with van der Waals surface area (Å²) in [5.41, 5.74) is -0.758. The van der Waals surface area contributed by atoms with E-state index in [1.165, 1.54) is 12.4 Å². The maximum atomic E-state index is 12.6. The highest BCUT2D eigenvalue weighted by Gasteiger charge is 2.48. The van der Waals surface area contributed by atoms with Crippen molar-refractivity contribution < 1.29 is 19.1 Å². The van der Waals surface area contributed by atoms with Crippen molar-refractivity contribution in [2.75, 3.05) is 19.8 Å². The van der Waals surface area contributed by atoms with Crippen molar-refractivity contribution in [2.24, 2.45) is 5.41 Å². The van der Waals surface area contributed by atoms with E-state index in [-0.39, 0.29) is 18.3 Å². The summed E-state index contributed by atoms with van der Waals surface area (Å²) in [7, 11) is 0. The predicted molar refractivity (Wildman–Crippen MR) is 78.0 cm³/mol. The molecule has 1 aliphatic heterocycles. The number of nitrogens with one attached hydrogen (secondary N) is 1. The molecule has 0 atom stereocenters. The third-order valence-electron chi connectivity index (χ3n) is 3.59. The lowest BCUT2D eigenvalue weighted by molar-refractivity contribution is -0.167. The van der Waals surface area contributed by atoms with Crippen molar-refractivity contribution in [1.82, 2.24) is 15.3 Å². The van der Waals surface area contributed by atoms with Gasteiger partial charge in [-0.1, -0.05) is 11.6 Å². The molecule has 1 fully saturated rings. The zero-order chi connectivity index (χ0) is 16.0. The fourth-order valence-corrected chi connectivity index (χ4v) is 2.49. The lowest BCUT2D eigenvalue weighted by Gasteiger charge is -2.33. The van der Waals surface area contributed by atoms with E-state index in [0.29, 0.717) is 31.7 Å². The van der Waals surface area contributed by atoms with Crippen LogP contribution in [0.3, 0.4) is 0 Å². The van der Waals surface area contributed by atoms with Crippen molar-refractivity contribution in [1.29, 1.82) is 0 Å². The lowest BCUT2D eigenvalue weighted by Crippen LogP contribution is -2.50. The van der Waals surface area contributed by atoms with Gasteiger partial charge in [0.1, 0.15) is 0 Å². The van der Waals surface area contributed by atoms with Crippen molar-refractivity contribution in [3.05, 3.63) is 23.2 Å². The highest BCUT2D eigenvalue weighted by Crippen LogP contribution is 2.32. The van der Waals surface area contributed by atoms with Crippen molar-refractivity contribution in [2.45, 2.75) is 26.3 Å². The number of rotatable bonds is 5. The molecule has 1 aliphatic rings. The van der Waals surface area contributed by atoms with Gasteiger partial charge in [0.25, 0.3) is 0 Å². The second-order valence-corrected chi connectivity index (χ2v) is 5.25. The number of hydrogen-bond acceptors (Lipinski definition) is 6. The molecule has 1 saturated heterocycles. The Balaban J connectivity index is 2.09. The van der Waals surface area contributed by atoms with E-state index < -0.39 is 17.3 Å². The summed E-state index contributed by atoms with van der Waals surface area (Å²) >= 11 is 5.90. The summed E-state index contributed by atoms with van der Waals surface area (Å²) in [4.78, 5) is 32.8. The maximum Gasteiger partial charge on any atom is 0.321 e. The number of hydrogen-bond donors (Lipinski definition) is 1. The number of nitrogens with zero attached hydrogens (tertiary/aromatic N) is 2. The highest BCUT2D eigenvalue weighted by molar-refractivity contribution is 6.30. The van der Waals surface area contributed by atoms with Gasteiger partial charge in [-0.3, -0.25) is 14.6 Å². The Kier molecular flexibility index (Phi) is 5.68. The zero-order valence-corrected chi connectivity index (χ0v) is 13.1. The average molecular weight is 328 g/mol. The smallest absolute Gasteiger partial charge is 0.321 e. The fourth-order valence-electron chi connectivity index (χ4n) is 2.31. The summed E-state index contributed by atoms with van der Waals surface area (Å²) < 4.78 is 10.3. The van der Waals surface area contributed by atoms with E-state index in [0.717, 1.165) is 0 Å². The van der Waals surface area contributed by atoms with E-state index in [9.17, 15) is 9.59 Å². The molecule has 0 bridgehead atoms. The van der Waals surface area contributed by atoms with Gasteiger partial charge in [0.2, 0.25) is 5.91 Å². The minimum absolute atomic E-state index is 0.105. The van der Waals surface area contributed by atoms with Crippen LogP contribution in [0.5, 0.6) is 0 Å². The van der Waals surface area contributed by atoms with Gasteiger partial charge >= 0.3 is 5.97 Å². The monoisotopic (exact) mass is 327 g/mol. The zero-order valence-electron chi connectivity index (χ0n) is 12.3. The van der Waals surface area contributed by atoms with Crippen LogP contribution in [0.4, 0.5) is 0 Å². The van der Waals surface area contributed by atoms with Gasteiger partial charge in [-0.05, 0) is 19.8 Å². The number of esters is 1. The molecule has 22 heavy (non-hydrogen) atoms. The van der Waals surface area contributed by atoms with Crippen molar-refractivity contribution in [3.63, 3.8) is 0 Å². The predicted octanol–water partition coefficient (Wildman–Crippen LogP) is 1.11. The van der Waals surface area contributed by atoms with Gasteiger partial charge in [0.05, 0.1) is 18.8 Å². The first-order valence-electron chi connectivity index (χ1n) is 7.09. The number of amides is 1. The van der Waals surface area contributed by atoms with E-state index in [2.05, 4.69) is 15.3 Å². The van der Waals surface area contributed by atoms with E-state index in [1.54, 1.807) is 6.92 Å². The Morgan fingerprint density at radius 2 is 2.05 bits per heavy atom. The minimum atomic E-state index is -1.21. The van der Waals surface area contributed by atoms with E-state index in [1.807, 2.05) is 0 Å². The highest BCUT2D eigenvalue weighted by atomic mass is 35.5. The number of ether oxygens (including phenoxy) is 2. The quantitative estimate of drug-likeness (QED) is 0.643. The molecule has 0 spiro atoms. The minimum Gasteiger partial charge on any atom is -0.465 e. The Hall–Kier alpha value is -1.73. The van der Waals surface area contributed by atoms with Crippen LogP contribution in [0.2, 0.25) is 5.15 Å². The molecule has 8 heteroatoms. The van der Waals surface area contributed by atoms with Crippen LogP contribution in [-0.4, -0.2) is 41.7 Å². The summed E-state index contributed by atoms with van der Waals surface area (Å²) in [6, 6.07) is 0. The first-order valence-corrected chi connectivity index (χ1v) is 7.46. The molecule has 1 aromatic heterocycles. The van der Waals surface area contributed by atoms with Crippen molar-refractivity contribution in [3.8, 4) is 0 Å². The third kappa shape index (κ3) is 3.53. The number of halogens is 1. The molecule has 1 N–H and O–H groups in total. The summed E-state index contributed by atoms with van der Waals surface area (Å²) in [6.07, 6.45) is 3.55. The number of carbonyl (C=O) groups is 2. The SMILES string of the molecule is CCOC(=O)C1(C(=O)NCc2nccnc2Cl)CCOCC1. The topological polar surface area (TPSA) is 90.4 Å². The Labute approximate surface area is 133 Å². The van der Waals surface area contributed by atoms with Gasteiger partial charge in [-0.25, -0.2) is 4.98 Å². The Bertz CT molecular complexity index is 547. The second kappa shape index (κ2) is 7.51. The van der Waals surface area contributed by atoms with Crippen LogP contribution in [0, 0.1) is 5.41 Å².